The molecule has 0 bridgehead atoms. The largest absolute Gasteiger partial charge is 0.383 e. The van der Waals surface area contributed by atoms with E-state index in [-0.39, 0.29) is 16.4 Å². The van der Waals surface area contributed by atoms with Crippen LogP contribution in [0, 0.1) is 5.82 Å². The normalized spacial score (nSPS) is 13.7. The van der Waals surface area contributed by atoms with Crippen molar-refractivity contribution >= 4 is 45.8 Å². The zero-order chi connectivity index (χ0) is 23.5. The first-order valence-corrected chi connectivity index (χ1v) is 12.4. The molecular weight excluding hydrogens is 463 g/mol. The van der Waals surface area contributed by atoms with Gasteiger partial charge in [0.2, 0.25) is 0 Å². The molecule has 4 rings (SSSR count). The van der Waals surface area contributed by atoms with Crippen molar-refractivity contribution in [2.45, 2.75) is 14.7 Å². The first-order chi connectivity index (χ1) is 15.9. The number of benzene rings is 3. The van der Waals surface area contributed by atoms with Crippen molar-refractivity contribution in [3.8, 4) is 0 Å². The highest BCUT2D eigenvalue weighted by molar-refractivity contribution is 7.99. The van der Waals surface area contributed by atoms with Crippen molar-refractivity contribution in [1.29, 1.82) is 0 Å². The number of halogens is 1. The first kappa shape index (κ1) is 23.2. The third-order valence-electron chi connectivity index (χ3n) is 5.11. The molecule has 0 radical (unpaired) electrons. The number of methoxy groups -OCH3 is 1. The molecular formula is C24H21FN2O4S2. The predicted molar refractivity (Wildman–Crippen MR) is 127 cm³/mol. The van der Waals surface area contributed by atoms with Gasteiger partial charge in [0.1, 0.15) is 5.82 Å². The lowest BCUT2D eigenvalue weighted by molar-refractivity contribution is 0.0972. The van der Waals surface area contributed by atoms with Crippen LogP contribution in [0.4, 0.5) is 15.8 Å². The highest BCUT2D eigenvalue weighted by Gasteiger charge is 2.27. The van der Waals surface area contributed by atoms with Crippen LogP contribution in [-0.4, -0.2) is 42.5 Å². The number of fused-ring (bicyclic) bond motifs is 2. The Morgan fingerprint density at radius 1 is 1.12 bits per heavy atom. The van der Waals surface area contributed by atoms with Crippen molar-refractivity contribution in [2.24, 2.45) is 0 Å². The van der Waals surface area contributed by atoms with Gasteiger partial charge < -0.3 is 15.0 Å². The number of carbonyl (C=O) groups excluding carboxylic acids is 2. The molecule has 2 amide bonds. The van der Waals surface area contributed by atoms with Gasteiger partial charge in [-0.1, -0.05) is 23.9 Å². The van der Waals surface area contributed by atoms with Gasteiger partial charge in [-0.2, -0.15) is 0 Å². The van der Waals surface area contributed by atoms with Gasteiger partial charge in [0.25, 0.3) is 11.8 Å². The van der Waals surface area contributed by atoms with E-state index >= 15 is 0 Å². The van der Waals surface area contributed by atoms with Gasteiger partial charge in [-0.25, -0.2) is 4.39 Å². The van der Waals surface area contributed by atoms with Crippen molar-refractivity contribution in [3.63, 3.8) is 0 Å². The molecule has 3 aromatic carbocycles. The van der Waals surface area contributed by atoms with Gasteiger partial charge in [-0.15, -0.1) is 0 Å². The van der Waals surface area contributed by atoms with Crippen molar-refractivity contribution in [2.75, 3.05) is 36.7 Å². The van der Waals surface area contributed by atoms with Crippen molar-refractivity contribution in [3.05, 3.63) is 77.6 Å². The number of hydrogen-bond acceptors (Lipinski definition) is 5. The van der Waals surface area contributed by atoms with Crippen LogP contribution in [0.25, 0.3) is 0 Å². The summed E-state index contributed by atoms with van der Waals surface area (Å²) < 4.78 is 30.9. The zero-order valence-corrected chi connectivity index (χ0v) is 19.6. The maximum absolute atomic E-state index is 14.2. The molecule has 1 N–H and O–H groups in total. The molecule has 1 heterocycles. The van der Waals surface area contributed by atoms with Gasteiger partial charge in [-0.05, 0) is 48.5 Å². The van der Waals surface area contributed by atoms with E-state index in [4.69, 9.17) is 4.74 Å². The van der Waals surface area contributed by atoms with Gasteiger partial charge in [0, 0.05) is 41.0 Å². The maximum atomic E-state index is 14.2. The van der Waals surface area contributed by atoms with Gasteiger partial charge in [-0.3, -0.25) is 13.8 Å². The molecule has 1 atom stereocenters. The Labute approximate surface area is 197 Å². The molecule has 0 spiro atoms. The average Bonchev–Trinajstić information content (AvgIpc) is 2.91. The Morgan fingerprint density at radius 2 is 1.91 bits per heavy atom. The second-order valence-corrected chi connectivity index (χ2v) is 9.72. The Bertz CT molecular complexity index is 1260. The summed E-state index contributed by atoms with van der Waals surface area (Å²) in [5, 5.41) is 2.77. The average molecular weight is 485 g/mol. The number of ether oxygens (including phenoxy) is 1. The van der Waals surface area contributed by atoms with Crippen LogP contribution in [0.15, 0.2) is 75.4 Å². The SMILES string of the molecule is COCCN1C(=O)c2ccccc2Sc2cc(NC(=O)c3ccc(S(C)=O)c(F)c3)ccc21. The molecule has 6 nitrogen and oxygen atoms in total. The number of carbonyl (C=O) groups is 2. The minimum Gasteiger partial charge on any atom is -0.383 e. The summed E-state index contributed by atoms with van der Waals surface area (Å²) in [6.07, 6.45) is 1.38. The Balaban J connectivity index is 1.65. The van der Waals surface area contributed by atoms with E-state index < -0.39 is 22.5 Å². The summed E-state index contributed by atoms with van der Waals surface area (Å²) in [5.74, 6) is -1.30. The van der Waals surface area contributed by atoms with Gasteiger partial charge >= 0.3 is 0 Å². The Kier molecular flexibility index (Phi) is 6.92. The molecule has 1 unspecified atom stereocenters. The fourth-order valence-electron chi connectivity index (χ4n) is 3.49. The highest BCUT2D eigenvalue weighted by atomic mass is 32.2. The van der Waals surface area contributed by atoms with E-state index in [2.05, 4.69) is 5.32 Å². The standard InChI is InChI=1S/C24H21FN2O4S2/c1-31-12-11-27-19-9-8-16(14-21(19)32-20-6-4-3-5-17(20)24(27)29)26-23(28)15-7-10-22(33(2)30)18(25)13-15/h3-10,13-14H,11-12H2,1-2H3,(H,26,28). The number of rotatable bonds is 6. The predicted octanol–water partition coefficient (Wildman–Crippen LogP) is 4.57. The van der Waals surface area contributed by atoms with Crippen LogP contribution in [0.1, 0.15) is 20.7 Å². The molecule has 33 heavy (non-hydrogen) atoms. The minimum absolute atomic E-state index is 0.0486. The number of amides is 2. The number of nitrogens with one attached hydrogen (secondary N) is 1. The maximum Gasteiger partial charge on any atom is 0.259 e. The molecule has 0 fully saturated rings. The fourth-order valence-corrected chi connectivity index (χ4v) is 5.20. The Morgan fingerprint density at radius 3 is 2.64 bits per heavy atom. The van der Waals surface area contributed by atoms with Crippen LogP contribution >= 0.6 is 11.8 Å². The molecule has 170 valence electrons. The van der Waals surface area contributed by atoms with Crippen molar-refractivity contribution in [1.82, 2.24) is 0 Å². The molecule has 9 heteroatoms. The quantitative estimate of drug-likeness (QED) is 0.555. The smallest absolute Gasteiger partial charge is 0.259 e. The van der Waals surface area contributed by atoms with Crippen LogP contribution in [0.5, 0.6) is 0 Å². The third kappa shape index (κ3) is 4.85. The fraction of sp³-hybridized carbons (Fsp3) is 0.167. The second-order valence-electron chi connectivity index (χ2n) is 7.28. The van der Waals surface area contributed by atoms with E-state index in [0.717, 1.165) is 21.5 Å². The van der Waals surface area contributed by atoms with E-state index in [9.17, 15) is 18.2 Å². The van der Waals surface area contributed by atoms with Crippen LogP contribution in [0.2, 0.25) is 0 Å². The lowest BCUT2D eigenvalue weighted by Crippen LogP contribution is -2.33. The molecule has 0 saturated heterocycles. The van der Waals surface area contributed by atoms with Gasteiger partial charge in [0.15, 0.2) is 0 Å². The summed E-state index contributed by atoms with van der Waals surface area (Å²) in [6.45, 7) is 0.758. The van der Waals surface area contributed by atoms with E-state index in [1.54, 1.807) is 36.3 Å². The second kappa shape index (κ2) is 9.86. The summed E-state index contributed by atoms with van der Waals surface area (Å²) in [4.78, 5) is 29.2. The van der Waals surface area contributed by atoms with E-state index in [0.29, 0.717) is 24.4 Å². The Hall–Kier alpha value is -3.01. The molecule has 0 aliphatic carbocycles. The lowest BCUT2D eigenvalue weighted by atomic mass is 10.1. The molecule has 3 aromatic rings. The van der Waals surface area contributed by atoms with Crippen molar-refractivity contribution < 1.29 is 22.9 Å². The molecule has 0 aromatic heterocycles. The third-order valence-corrected chi connectivity index (χ3v) is 7.19. The summed E-state index contributed by atoms with van der Waals surface area (Å²) in [7, 11) is 0.100. The number of hydrogen-bond donors (Lipinski definition) is 1. The summed E-state index contributed by atoms with van der Waals surface area (Å²) >= 11 is 1.44. The number of nitrogens with zero attached hydrogens (tertiary/aromatic N) is 1. The summed E-state index contributed by atoms with van der Waals surface area (Å²) in [6, 6.07) is 16.5. The van der Waals surface area contributed by atoms with E-state index in [1.807, 2.05) is 18.2 Å². The highest BCUT2D eigenvalue weighted by Crippen LogP contribution is 2.42. The first-order valence-electron chi connectivity index (χ1n) is 10.0. The summed E-state index contributed by atoms with van der Waals surface area (Å²) in [5.41, 5.74) is 1.95. The van der Waals surface area contributed by atoms with Gasteiger partial charge in [0.05, 0.1) is 33.6 Å². The minimum atomic E-state index is -1.48. The van der Waals surface area contributed by atoms with Crippen LogP contribution < -0.4 is 10.2 Å². The lowest BCUT2D eigenvalue weighted by Gasteiger charge is -2.23. The molecule has 0 saturated carbocycles. The van der Waals surface area contributed by atoms with E-state index in [1.165, 1.54) is 30.2 Å². The van der Waals surface area contributed by atoms with Crippen LogP contribution in [0.3, 0.4) is 0 Å². The monoisotopic (exact) mass is 484 g/mol. The molecule has 1 aliphatic rings. The molecule has 1 aliphatic heterocycles. The van der Waals surface area contributed by atoms with Crippen LogP contribution in [-0.2, 0) is 15.5 Å². The topological polar surface area (TPSA) is 75.7 Å². The number of anilines is 2. The zero-order valence-electron chi connectivity index (χ0n) is 18.0.